The van der Waals surface area contributed by atoms with Gasteiger partial charge in [-0.05, 0) is 41.8 Å². The van der Waals surface area contributed by atoms with Crippen molar-refractivity contribution in [2.45, 2.75) is 19.4 Å². The van der Waals surface area contributed by atoms with Gasteiger partial charge in [-0.25, -0.2) is 4.98 Å². The predicted octanol–water partition coefficient (Wildman–Crippen LogP) is 3.12. The van der Waals surface area contributed by atoms with Crippen LogP contribution in [0, 0.1) is 10.1 Å². The monoisotopic (exact) mass is 277 g/mol. The van der Waals surface area contributed by atoms with Crippen molar-refractivity contribution >= 4 is 22.8 Å². The van der Waals surface area contributed by atoms with Crippen LogP contribution in [0.4, 0.5) is 11.5 Å². The van der Waals surface area contributed by atoms with Gasteiger partial charge in [0.25, 0.3) is 0 Å². The standard InChI is InChI=1S/C13H15N3O2S/c1-10(8-11-5-7-19-9-11)15(2)13-12(16(17)18)4-3-6-14-13/h3-7,9-10H,8H2,1-2H3. The molecule has 1 atom stereocenters. The van der Waals surface area contributed by atoms with Crippen molar-refractivity contribution in [1.82, 2.24) is 4.98 Å². The number of rotatable bonds is 5. The minimum atomic E-state index is -0.393. The Morgan fingerprint density at radius 2 is 2.32 bits per heavy atom. The number of likely N-dealkylation sites (N-methyl/N-ethyl adjacent to an activating group) is 1. The van der Waals surface area contributed by atoms with Crippen molar-refractivity contribution in [3.63, 3.8) is 0 Å². The van der Waals surface area contributed by atoms with Crippen molar-refractivity contribution in [3.8, 4) is 0 Å². The van der Waals surface area contributed by atoms with Gasteiger partial charge in [0.1, 0.15) is 0 Å². The Morgan fingerprint density at radius 3 is 2.95 bits per heavy atom. The van der Waals surface area contributed by atoms with E-state index >= 15 is 0 Å². The summed E-state index contributed by atoms with van der Waals surface area (Å²) in [6, 6.07) is 5.28. The van der Waals surface area contributed by atoms with Gasteiger partial charge < -0.3 is 4.90 Å². The van der Waals surface area contributed by atoms with Crippen molar-refractivity contribution in [3.05, 3.63) is 50.8 Å². The Labute approximate surface area is 115 Å². The van der Waals surface area contributed by atoms with Gasteiger partial charge in [-0.3, -0.25) is 10.1 Å². The minimum Gasteiger partial charge on any atom is -0.351 e. The lowest BCUT2D eigenvalue weighted by atomic mass is 10.1. The number of nitro groups is 1. The summed E-state index contributed by atoms with van der Waals surface area (Å²) in [5.74, 6) is 0.412. The molecule has 6 heteroatoms. The Bertz CT molecular complexity index is 557. The van der Waals surface area contributed by atoms with E-state index in [0.717, 1.165) is 6.42 Å². The molecule has 100 valence electrons. The van der Waals surface area contributed by atoms with E-state index in [1.807, 2.05) is 24.3 Å². The third-order valence-corrected chi connectivity index (χ3v) is 3.80. The molecule has 0 saturated heterocycles. The zero-order valence-electron chi connectivity index (χ0n) is 10.8. The summed E-state index contributed by atoms with van der Waals surface area (Å²) in [7, 11) is 1.84. The van der Waals surface area contributed by atoms with Crippen LogP contribution in [0.3, 0.4) is 0 Å². The summed E-state index contributed by atoms with van der Waals surface area (Å²) in [6.45, 7) is 2.04. The third kappa shape index (κ3) is 3.08. The number of anilines is 1. The van der Waals surface area contributed by atoms with Gasteiger partial charge in [-0.2, -0.15) is 11.3 Å². The van der Waals surface area contributed by atoms with Crippen LogP contribution in [-0.2, 0) is 6.42 Å². The summed E-state index contributed by atoms with van der Waals surface area (Å²) in [5.41, 5.74) is 1.28. The first-order valence-electron chi connectivity index (χ1n) is 5.93. The maximum absolute atomic E-state index is 11.0. The zero-order chi connectivity index (χ0) is 13.8. The molecule has 2 aromatic heterocycles. The van der Waals surface area contributed by atoms with Gasteiger partial charge in [-0.15, -0.1) is 0 Å². The average Bonchev–Trinajstić information content (AvgIpc) is 2.90. The number of hydrogen-bond donors (Lipinski definition) is 0. The molecule has 0 aromatic carbocycles. The average molecular weight is 277 g/mol. The van der Waals surface area contributed by atoms with Gasteiger partial charge in [0.15, 0.2) is 0 Å². The second-order valence-corrected chi connectivity index (χ2v) is 5.18. The molecule has 0 radical (unpaired) electrons. The molecule has 0 fully saturated rings. The Morgan fingerprint density at radius 1 is 1.53 bits per heavy atom. The van der Waals surface area contributed by atoms with Crippen LogP contribution >= 0.6 is 11.3 Å². The van der Waals surface area contributed by atoms with E-state index in [4.69, 9.17) is 0 Å². The quantitative estimate of drug-likeness (QED) is 0.622. The van der Waals surface area contributed by atoms with Gasteiger partial charge in [0.2, 0.25) is 5.82 Å². The van der Waals surface area contributed by atoms with Gasteiger partial charge in [0.05, 0.1) is 4.92 Å². The molecule has 0 spiro atoms. The fourth-order valence-electron chi connectivity index (χ4n) is 1.90. The molecule has 0 saturated carbocycles. The summed E-state index contributed by atoms with van der Waals surface area (Å²) >= 11 is 1.65. The molecule has 0 aliphatic carbocycles. The second kappa shape index (κ2) is 5.79. The zero-order valence-corrected chi connectivity index (χ0v) is 11.6. The summed E-state index contributed by atoms with van der Waals surface area (Å²) < 4.78 is 0. The molecule has 2 rings (SSSR count). The fraction of sp³-hybridized carbons (Fsp3) is 0.308. The third-order valence-electron chi connectivity index (χ3n) is 3.07. The molecule has 0 N–H and O–H groups in total. The molecule has 0 bridgehead atoms. The number of hydrogen-bond acceptors (Lipinski definition) is 5. The molecular formula is C13H15N3O2S. The number of aromatic nitrogens is 1. The second-order valence-electron chi connectivity index (χ2n) is 4.40. The normalized spacial score (nSPS) is 12.1. The van der Waals surface area contributed by atoms with Crippen LogP contribution in [0.2, 0.25) is 0 Å². The lowest BCUT2D eigenvalue weighted by Crippen LogP contribution is -2.31. The topological polar surface area (TPSA) is 59.3 Å². The maximum atomic E-state index is 11.0. The number of pyridine rings is 1. The molecule has 0 aliphatic rings. The Balaban J connectivity index is 2.19. The molecule has 2 heterocycles. The highest BCUT2D eigenvalue weighted by Crippen LogP contribution is 2.26. The van der Waals surface area contributed by atoms with Gasteiger partial charge in [-0.1, -0.05) is 0 Å². The molecule has 19 heavy (non-hydrogen) atoms. The molecule has 0 amide bonds. The van der Waals surface area contributed by atoms with Crippen molar-refractivity contribution < 1.29 is 4.92 Å². The fourth-order valence-corrected chi connectivity index (χ4v) is 2.58. The van der Waals surface area contributed by atoms with Gasteiger partial charge >= 0.3 is 5.69 Å². The largest absolute Gasteiger partial charge is 0.351 e. The number of nitrogens with zero attached hydrogens (tertiary/aromatic N) is 3. The van der Waals surface area contributed by atoms with Crippen molar-refractivity contribution in [1.29, 1.82) is 0 Å². The summed E-state index contributed by atoms with van der Waals surface area (Å²) in [4.78, 5) is 16.6. The van der Waals surface area contributed by atoms with Crippen LogP contribution in [-0.4, -0.2) is 23.0 Å². The predicted molar refractivity (Wildman–Crippen MR) is 76.8 cm³/mol. The van der Waals surface area contributed by atoms with Crippen LogP contribution in [0.1, 0.15) is 12.5 Å². The lowest BCUT2D eigenvalue weighted by molar-refractivity contribution is -0.384. The van der Waals surface area contributed by atoms with E-state index in [-0.39, 0.29) is 11.7 Å². The highest BCUT2D eigenvalue weighted by molar-refractivity contribution is 7.07. The van der Waals surface area contributed by atoms with E-state index in [2.05, 4.69) is 16.4 Å². The smallest absolute Gasteiger partial charge is 0.311 e. The Hall–Kier alpha value is -1.95. The molecule has 5 nitrogen and oxygen atoms in total. The van der Waals surface area contributed by atoms with E-state index < -0.39 is 4.92 Å². The van der Waals surface area contributed by atoms with E-state index in [1.54, 1.807) is 23.6 Å². The van der Waals surface area contributed by atoms with Crippen LogP contribution in [0.25, 0.3) is 0 Å². The van der Waals surface area contributed by atoms with Crippen LogP contribution in [0.5, 0.6) is 0 Å². The van der Waals surface area contributed by atoms with Crippen LogP contribution < -0.4 is 4.90 Å². The highest BCUT2D eigenvalue weighted by Gasteiger charge is 2.21. The first kappa shape index (κ1) is 13.5. The summed E-state index contributed by atoms with van der Waals surface area (Å²) in [5, 5.41) is 15.1. The Kier molecular flexibility index (Phi) is 4.11. The van der Waals surface area contributed by atoms with Crippen molar-refractivity contribution in [2.24, 2.45) is 0 Å². The molecule has 0 aliphatic heterocycles. The molecule has 2 aromatic rings. The minimum absolute atomic E-state index is 0.0437. The number of thiophene rings is 1. The van der Waals surface area contributed by atoms with Crippen molar-refractivity contribution in [2.75, 3.05) is 11.9 Å². The summed E-state index contributed by atoms with van der Waals surface area (Å²) in [6.07, 6.45) is 2.42. The highest BCUT2D eigenvalue weighted by atomic mass is 32.1. The van der Waals surface area contributed by atoms with Gasteiger partial charge in [0, 0.05) is 25.4 Å². The van der Waals surface area contributed by atoms with Crippen LogP contribution in [0.15, 0.2) is 35.2 Å². The van der Waals surface area contributed by atoms with E-state index in [1.165, 1.54) is 11.6 Å². The van der Waals surface area contributed by atoms with E-state index in [9.17, 15) is 10.1 Å². The SMILES string of the molecule is CC(Cc1ccsc1)N(C)c1ncccc1[N+](=O)[O-]. The molecule has 1 unspecified atom stereocenters. The molecular weight excluding hydrogens is 262 g/mol. The maximum Gasteiger partial charge on any atom is 0.311 e. The van der Waals surface area contributed by atoms with E-state index in [0.29, 0.717) is 5.82 Å². The lowest BCUT2D eigenvalue weighted by Gasteiger charge is -2.25. The first-order valence-corrected chi connectivity index (χ1v) is 6.87. The first-order chi connectivity index (χ1) is 9.09.